The summed E-state index contributed by atoms with van der Waals surface area (Å²) in [7, 11) is 0. The maximum atomic E-state index is 11.5. The second kappa shape index (κ2) is 4.31. The molecule has 0 aliphatic carbocycles. The molecule has 2 rings (SSSR count). The van der Waals surface area contributed by atoms with Crippen molar-refractivity contribution in [2.24, 2.45) is 5.10 Å². The zero-order valence-electron chi connectivity index (χ0n) is 9.40. The highest BCUT2D eigenvalue weighted by Gasteiger charge is 2.19. The van der Waals surface area contributed by atoms with Crippen LogP contribution in [-0.4, -0.2) is 11.6 Å². The molecule has 0 bridgehead atoms. The molecule has 1 atom stereocenters. The van der Waals surface area contributed by atoms with Crippen molar-refractivity contribution >= 4 is 11.6 Å². The van der Waals surface area contributed by atoms with Crippen molar-refractivity contribution in [3.05, 3.63) is 47.5 Å². The normalized spacial score (nSPS) is 19.5. The van der Waals surface area contributed by atoms with Gasteiger partial charge in [0, 0.05) is 5.92 Å². The van der Waals surface area contributed by atoms with Crippen LogP contribution in [0.1, 0.15) is 25.3 Å². The van der Waals surface area contributed by atoms with Crippen LogP contribution in [0, 0.1) is 0 Å². The first-order valence-electron chi connectivity index (χ1n) is 5.30. The zero-order chi connectivity index (χ0) is 11.5. The van der Waals surface area contributed by atoms with E-state index >= 15 is 0 Å². The molecule has 3 nitrogen and oxygen atoms in total. The summed E-state index contributed by atoms with van der Waals surface area (Å²) in [6.45, 7) is 3.91. The smallest absolute Gasteiger partial charge is 0.267 e. The van der Waals surface area contributed by atoms with Crippen LogP contribution in [0.15, 0.2) is 47.1 Å². The van der Waals surface area contributed by atoms with E-state index in [1.807, 2.05) is 31.2 Å². The lowest BCUT2D eigenvalue weighted by Gasteiger charge is -2.07. The maximum Gasteiger partial charge on any atom is 0.272 e. The van der Waals surface area contributed by atoms with Crippen molar-refractivity contribution in [3.8, 4) is 0 Å². The number of nitrogens with zero attached hydrogens (tertiary/aromatic N) is 1. The van der Waals surface area contributed by atoms with Crippen LogP contribution in [-0.2, 0) is 4.79 Å². The number of nitrogens with one attached hydrogen (secondary N) is 1. The van der Waals surface area contributed by atoms with Gasteiger partial charge in [-0.2, -0.15) is 5.10 Å². The predicted molar refractivity (Wildman–Crippen MR) is 64.2 cm³/mol. The lowest BCUT2D eigenvalue weighted by molar-refractivity contribution is -0.116. The fourth-order valence-corrected chi connectivity index (χ4v) is 1.72. The summed E-state index contributed by atoms with van der Waals surface area (Å²) in [6, 6.07) is 10.1. The molecule has 16 heavy (non-hydrogen) atoms. The molecule has 0 saturated carbocycles. The predicted octanol–water partition coefficient (Wildman–Crippen LogP) is 2.22. The number of carbonyl (C=O) groups excluding carboxylic acids is 1. The molecule has 0 saturated heterocycles. The lowest BCUT2D eigenvalue weighted by Crippen LogP contribution is -2.13. The first-order valence-corrected chi connectivity index (χ1v) is 5.30. The van der Waals surface area contributed by atoms with Crippen LogP contribution in [0.4, 0.5) is 0 Å². The van der Waals surface area contributed by atoms with Crippen molar-refractivity contribution < 1.29 is 4.79 Å². The molecule has 82 valence electrons. The van der Waals surface area contributed by atoms with Gasteiger partial charge in [-0.05, 0) is 12.5 Å². The number of hydrogen-bond donors (Lipinski definition) is 1. The van der Waals surface area contributed by atoms with E-state index < -0.39 is 0 Å². The van der Waals surface area contributed by atoms with E-state index in [1.54, 1.807) is 0 Å². The number of rotatable bonds is 2. The fraction of sp³-hybridized carbons (Fsp3) is 0.231. The Balaban J connectivity index is 2.25. The van der Waals surface area contributed by atoms with E-state index in [9.17, 15) is 4.79 Å². The van der Waals surface area contributed by atoms with Gasteiger partial charge >= 0.3 is 0 Å². The number of hydrazone groups is 1. The Morgan fingerprint density at radius 1 is 1.31 bits per heavy atom. The summed E-state index contributed by atoms with van der Waals surface area (Å²) in [4.78, 5) is 11.5. The maximum absolute atomic E-state index is 11.5. The molecule has 1 aliphatic rings. The Labute approximate surface area is 94.9 Å². The highest BCUT2D eigenvalue weighted by molar-refractivity contribution is 6.23. The average molecular weight is 214 g/mol. The van der Waals surface area contributed by atoms with E-state index in [0.717, 1.165) is 5.71 Å². The van der Waals surface area contributed by atoms with E-state index in [4.69, 9.17) is 0 Å². The van der Waals surface area contributed by atoms with Crippen LogP contribution in [0.3, 0.4) is 0 Å². The van der Waals surface area contributed by atoms with Gasteiger partial charge in [-0.15, -0.1) is 0 Å². The minimum Gasteiger partial charge on any atom is -0.267 e. The minimum absolute atomic E-state index is 0.111. The van der Waals surface area contributed by atoms with Crippen LogP contribution >= 0.6 is 0 Å². The lowest BCUT2D eigenvalue weighted by atomic mass is 9.97. The van der Waals surface area contributed by atoms with Crippen LogP contribution in [0.2, 0.25) is 0 Å². The van der Waals surface area contributed by atoms with Crippen LogP contribution < -0.4 is 5.43 Å². The largest absolute Gasteiger partial charge is 0.272 e. The average Bonchev–Trinajstić information content (AvgIpc) is 2.62. The monoisotopic (exact) mass is 214 g/mol. The van der Waals surface area contributed by atoms with E-state index in [1.165, 1.54) is 5.56 Å². The topological polar surface area (TPSA) is 41.5 Å². The third-order valence-corrected chi connectivity index (χ3v) is 2.70. The van der Waals surface area contributed by atoms with Crippen molar-refractivity contribution in [1.82, 2.24) is 5.43 Å². The second-order valence-electron chi connectivity index (χ2n) is 3.92. The number of amides is 1. The standard InChI is InChI=1S/C13H14N2O/c1-9(11-6-4-3-5-7-11)8-12-10(2)14-15-13(12)16/h3-9H,1-2H3,(H,15,16). The number of allylic oxidation sites excluding steroid dienone is 1. The zero-order valence-corrected chi connectivity index (χ0v) is 9.40. The molecule has 0 fully saturated rings. The molecule has 1 aliphatic heterocycles. The highest BCUT2D eigenvalue weighted by atomic mass is 16.2. The first-order chi connectivity index (χ1) is 7.68. The Hall–Kier alpha value is -1.90. The molecule has 1 unspecified atom stereocenters. The second-order valence-corrected chi connectivity index (χ2v) is 3.92. The molecular formula is C13H14N2O. The molecule has 1 amide bonds. The molecule has 1 aromatic carbocycles. The molecule has 3 heteroatoms. The first kappa shape index (κ1) is 10.6. The van der Waals surface area contributed by atoms with Gasteiger partial charge in [-0.3, -0.25) is 4.79 Å². The highest BCUT2D eigenvalue weighted by Crippen LogP contribution is 2.19. The van der Waals surface area contributed by atoms with Gasteiger partial charge in [0.25, 0.3) is 5.91 Å². The van der Waals surface area contributed by atoms with Gasteiger partial charge in [0.2, 0.25) is 0 Å². The molecule has 1 N–H and O–H groups in total. The minimum atomic E-state index is -0.111. The van der Waals surface area contributed by atoms with Gasteiger partial charge in [-0.1, -0.05) is 43.3 Å². The SMILES string of the molecule is CC1=NNC(=O)C1=CC(C)c1ccccc1. The summed E-state index contributed by atoms with van der Waals surface area (Å²) in [6.07, 6.45) is 1.95. The third kappa shape index (κ3) is 2.03. The number of carbonyl (C=O) groups is 1. The molecular weight excluding hydrogens is 200 g/mol. The Morgan fingerprint density at radius 3 is 2.56 bits per heavy atom. The van der Waals surface area contributed by atoms with Crippen molar-refractivity contribution in [2.75, 3.05) is 0 Å². The van der Waals surface area contributed by atoms with E-state index in [-0.39, 0.29) is 11.8 Å². The summed E-state index contributed by atoms with van der Waals surface area (Å²) in [5.41, 5.74) is 5.09. The molecule has 1 heterocycles. The third-order valence-electron chi connectivity index (χ3n) is 2.70. The summed E-state index contributed by atoms with van der Waals surface area (Å²) in [5, 5.41) is 3.89. The van der Waals surface area contributed by atoms with E-state index in [0.29, 0.717) is 5.57 Å². The quantitative estimate of drug-likeness (QED) is 0.753. The number of benzene rings is 1. The summed E-state index contributed by atoms with van der Waals surface area (Å²) < 4.78 is 0. The van der Waals surface area contributed by atoms with Gasteiger partial charge in [0.05, 0.1) is 11.3 Å². The van der Waals surface area contributed by atoms with E-state index in [2.05, 4.69) is 29.6 Å². The van der Waals surface area contributed by atoms with Gasteiger partial charge < -0.3 is 0 Å². The Bertz CT molecular complexity index is 460. The van der Waals surface area contributed by atoms with Crippen molar-refractivity contribution in [2.45, 2.75) is 19.8 Å². The van der Waals surface area contributed by atoms with Gasteiger partial charge in [-0.25, -0.2) is 5.43 Å². The molecule has 0 spiro atoms. The molecule has 0 radical (unpaired) electrons. The molecule has 1 aromatic rings. The Kier molecular flexibility index (Phi) is 2.86. The van der Waals surface area contributed by atoms with Gasteiger partial charge in [0.15, 0.2) is 0 Å². The van der Waals surface area contributed by atoms with Crippen molar-refractivity contribution in [3.63, 3.8) is 0 Å². The van der Waals surface area contributed by atoms with Crippen LogP contribution in [0.25, 0.3) is 0 Å². The van der Waals surface area contributed by atoms with Crippen LogP contribution in [0.5, 0.6) is 0 Å². The molecule has 0 aromatic heterocycles. The van der Waals surface area contributed by atoms with Crippen molar-refractivity contribution in [1.29, 1.82) is 0 Å². The summed E-state index contributed by atoms with van der Waals surface area (Å²) >= 11 is 0. The Morgan fingerprint density at radius 2 is 2.00 bits per heavy atom. The fourth-order valence-electron chi connectivity index (χ4n) is 1.72. The van der Waals surface area contributed by atoms with Gasteiger partial charge in [0.1, 0.15) is 0 Å². The summed E-state index contributed by atoms with van der Waals surface area (Å²) in [5.74, 6) is 0.102. The number of hydrogen-bond acceptors (Lipinski definition) is 2.